The van der Waals surface area contributed by atoms with Crippen LogP contribution in [0.4, 0.5) is 0 Å². The van der Waals surface area contributed by atoms with Crippen molar-refractivity contribution in [3.63, 3.8) is 0 Å². The maximum Gasteiger partial charge on any atom is 0.134 e. The van der Waals surface area contributed by atoms with Crippen molar-refractivity contribution in [3.8, 4) is 11.3 Å². The van der Waals surface area contributed by atoms with Crippen LogP contribution in [-0.2, 0) is 0 Å². The summed E-state index contributed by atoms with van der Waals surface area (Å²) in [6.45, 7) is 1.97. The Balaban J connectivity index is 1.96. The summed E-state index contributed by atoms with van der Waals surface area (Å²) in [4.78, 5) is 12.9. The van der Waals surface area contributed by atoms with E-state index >= 15 is 0 Å². The van der Waals surface area contributed by atoms with Crippen molar-refractivity contribution < 1.29 is 0 Å². The van der Waals surface area contributed by atoms with Crippen LogP contribution in [0, 0.1) is 0 Å². The van der Waals surface area contributed by atoms with Crippen LogP contribution in [0.3, 0.4) is 0 Å². The number of nitrogens with zero attached hydrogens (tertiary/aromatic N) is 3. The molecule has 0 unspecified atom stereocenters. The molecule has 16 heavy (non-hydrogen) atoms. The van der Waals surface area contributed by atoms with E-state index in [0.717, 1.165) is 30.2 Å². The van der Waals surface area contributed by atoms with Gasteiger partial charge in [-0.3, -0.25) is 4.98 Å². The van der Waals surface area contributed by atoms with Crippen molar-refractivity contribution in [2.24, 2.45) is 0 Å². The molecule has 1 aliphatic rings. The quantitative estimate of drug-likeness (QED) is 0.813. The molecule has 4 heteroatoms. The second kappa shape index (κ2) is 3.98. The predicted molar refractivity (Wildman–Crippen MR) is 60.9 cm³/mol. The molecule has 0 saturated carbocycles. The molecule has 3 heterocycles. The number of hydrogen-bond acceptors (Lipinski definition) is 4. The van der Waals surface area contributed by atoms with E-state index in [2.05, 4.69) is 20.3 Å². The highest BCUT2D eigenvalue weighted by Crippen LogP contribution is 2.20. The molecule has 3 rings (SSSR count). The molecular formula is C12H12N4. The molecule has 0 aliphatic carbocycles. The lowest BCUT2D eigenvalue weighted by molar-refractivity contribution is 0.430. The van der Waals surface area contributed by atoms with Gasteiger partial charge in [-0.15, -0.1) is 0 Å². The maximum absolute atomic E-state index is 4.59. The van der Waals surface area contributed by atoms with Gasteiger partial charge in [0.1, 0.15) is 5.82 Å². The van der Waals surface area contributed by atoms with Crippen molar-refractivity contribution >= 4 is 0 Å². The summed E-state index contributed by atoms with van der Waals surface area (Å²) in [6.07, 6.45) is 5.39. The molecule has 0 radical (unpaired) electrons. The lowest BCUT2D eigenvalue weighted by atomic mass is 10.0. The second-order valence-electron chi connectivity index (χ2n) is 3.89. The first kappa shape index (κ1) is 9.42. The molecular weight excluding hydrogens is 200 g/mol. The minimum atomic E-state index is 0.474. The van der Waals surface area contributed by atoms with Gasteiger partial charge in [0.15, 0.2) is 0 Å². The molecule has 80 valence electrons. The lowest BCUT2D eigenvalue weighted by Crippen LogP contribution is -2.40. The molecule has 1 saturated heterocycles. The smallest absolute Gasteiger partial charge is 0.134 e. The fourth-order valence-electron chi connectivity index (χ4n) is 1.73. The van der Waals surface area contributed by atoms with Crippen LogP contribution in [0.1, 0.15) is 11.7 Å². The van der Waals surface area contributed by atoms with Crippen molar-refractivity contribution in [2.45, 2.75) is 5.92 Å². The van der Waals surface area contributed by atoms with Crippen LogP contribution < -0.4 is 5.32 Å². The zero-order valence-electron chi connectivity index (χ0n) is 8.80. The van der Waals surface area contributed by atoms with Gasteiger partial charge in [0.2, 0.25) is 0 Å². The average molecular weight is 212 g/mol. The Morgan fingerprint density at radius 3 is 2.56 bits per heavy atom. The summed E-state index contributed by atoms with van der Waals surface area (Å²) < 4.78 is 0. The van der Waals surface area contributed by atoms with Crippen LogP contribution >= 0.6 is 0 Å². The van der Waals surface area contributed by atoms with Gasteiger partial charge in [-0.2, -0.15) is 0 Å². The maximum atomic E-state index is 4.59. The molecule has 4 nitrogen and oxygen atoms in total. The SMILES string of the molecule is c1cc(-c2ccnc(C3CNC3)n2)ccn1. The second-order valence-corrected chi connectivity index (χ2v) is 3.89. The van der Waals surface area contributed by atoms with Crippen molar-refractivity contribution in [1.29, 1.82) is 0 Å². The molecule has 1 aliphatic heterocycles. The first-order valence-electron chi connectivity index (χ1n) is 5.37. The third-order valence-electron chi connectivity index (χ3n) is 2.80. The number of pyridine rings is 1. The molecule has 0 bridgehead atoms. The normalized spacial score (nSPS) is 15.8. The number of rotatable bonds is 2. The van der Waals surface area contributed by atoms with E-state index in [0.29, 0.717) is 5.92 Å². The van der Waals surface area contributed by atoms with Crippen molar-refractivity contribution in [3.05, 3.63) is 42.6 Å². The molecule has 2 aromatic heterocycles. The summed E-state index contributed by atoms with van der Waals surface area (Å²) in [5, 5.41) is 3.23. The van der Waals surface area contributed by atoms with Gasteiger partial charge >= 0.3 is 0 Å². The van der Waals surface area contributed by atoms with Crippen LogP contribution in [0.2, 0.25) is 0 Å². The van der Waals surface area contributed by atoms with E-state index in [1.165, 1.54) is 0 Å². The fourth-order valence-corrected chi connectivity index (χ4v) is 1.73. The zero-order chi connectivity index (χ0) is 10.8. The first-order valence-corrected chi connectivity index (χ1v) is 5.37. The van der Waals surface area contributed by atoms with Crippen LogP contribution in [0.5, 0.6) is 0 Å². The first-order chi connectivity index (χ1) is 7.93. The van der Waals surface area contributed by atoms with Crippen LogP contribution in [0.25, 0.3) is 11.3 Å². The van der Waals surface area contributed by atoms with Crippen LogP contribution in [0.15, 0.2) is 36.8 Å². The Bertz CT molecular complexity index is 479. The molecule has 0 amide bonds. The van der Waals surface area contributed by atoms with Gasteiger partial charge in [0, 0.05) is 43.2 Å². The highest BCUT2D eigenvalue weighted by Gasteiger charge is 2.21. The Labute approximate surface area is 93.8 Å². The predicted octanol–water partition coefficient (Wildman–Crippen LogP) is 1.23. The Morgan fingerprint density at radius 1 is 1.06 bits per heavy atom. The summed E-state index contributed by atoms with van der Waals surface area (Å²) in [5.41, 5.74) is 2.06. The highest BCUT2D eigenvalue weighted by atomic mass is 15.0. The zero-order valence-corrected chi connectivity index (χ0v) is 8.80. The summed E-state index contributed by atoms with van der Waals surface area (Å²) >= 11 is 0. The van der Waals surface area contributed by atoms with Crippen molar-refractivity contribution in [2.75, 3.05) is 13.1 Å². The monoisotopic (exact) mass is 212 g/mol. The van der Waals surface area contributed by atoms with E-state index in [4.69, 9.17) is 0 Å². The van der Waals surface area contributed by atoms with Gasteiger partial charge in [0.05, 0.1) is 5.69 Å². The Morgan fingerprint density at radius 2 is 1.88 bits per heavy atom. The minimum absolute atomic E-state index is 0.474. The summed E-state index contributed by atoms with van der Waals surface area (Å²) in [6, 6.07) is 5.86. The molecule has 0 aromatic carbocycles. The Kier molecular flexibility index (Phi) is 2.34. The molecule has 1 N–H and O–H groups in total. The molecule has 0 spiro atoms. The van der Waals surface area contributed by atoms with Crippen molar-refractivity contribution in [1.82, 2.24) is 20.3 Å². The molecule has 2 aromatic rings. The summed E-state index contributed by atoms with van der Waals surface area (Å²) in [7, 11) is 0. The van der Waals surface area contributed by atoms with E-state index in [1.54, 1.807) is 12.4 Å². The van der Waals surface area contributed by atoms with Crippen LogP contribution in [-0.4, -0.2) is 28.0 Å². The number of nitrogens with one attached hydrogen (secondary N) is 1. The Hall–Kier alpha value is -1.81. The van der Waals surface area contributed by atoms with E-state index in [9.17, 15) is 0 Å². The number of aromatic nitrogens is 3. The van der Waals surface area contributed by atoms with E-state index < -0.39 is 0 Å². The van der Waals surface area contributed by atoms with E-state index in [-0.39, 0.29) is 0 Å². The third kappa shape index (κ3) is 1.67. The van der Waals surface area contributed by atoms with Gasteiger partial charge in [-0.25, -0.2) is 9.97 Å². The molecule has 0 atom stereocenters. The standard InChI is InChI=1S/C12H12N4/c1-4-13-5-2-9(1)11-3-6-15-12(16-11)10-7-14-8-10/h1-6,10,14H,7-8H2. The summed E-state index contributed by atoms with van der Waals surface area (Å²) in [5.74, 6) is 1.41. The average Bonchev–Trinajstić information content (AvgIpc) is 2.28. The van der Waals surface area contributed by atoms with Gasteiger partial charge in [0.25, 0.3) is 0 Å². The highest BCUT2D eigenvalue weighted by molar-refractivity contribution is 5.57. The number of hydrogen-bond donors (Lipinski definition) is 1. The van der Waals surface area contributed by atoms with Gasteiger partial charge in [-0.05, 0) is 18.2 Å². The lowest BCUT2D eigenvalue weighted by Gasteiger charge is -2.25. The topological polar surface area (TPSA) is 50.7 Å². The minimum Gasteiger partial charge on any atom is -0.315 e. The largest absolute Gasteiger partial charge is 0.315 e. The molecule has 1 fully saturated rings. The van der Waals surface area contributed by atoms with Gasteiger partial charge < -0.3 is 5.32 Å². The van der Waals surface area contributed by atoms with Gasteiger partial charge in [-0.1, -0.05) is 0 Å². The third-order valence-corrected chi connectivity index (χ3v) is 2.80. The fraction of sp³-hybridized carbons (Fsp3) is 0.250. The van der Waals surface area contributed by atoms with E-state index in [1.807, 2.05) is 24.4 Å².